The lowest BCUT2D eigenvalue weighted by molar-refractivity contribution is -0.142. The molecule has 196 valence electrons. The van der Waals surface area contributed by atoms with Crippen molar-refractivity contribution < 1.29 is 23.9 Å². The van der Waals surface area contributed by atoms with Gasteiger partial charge in [-0.1, -0.05) is 69.2 Å². The van der Waals surface area contributed by atoms with Crippen molar-refractivity contribution in [3.05, 3.63) is 71.6 Å². The molecule has 2 aromatic carbocycles. The number of aliphatic carboxylic acids is 1. The van der Waals surface area contributed by atoms with Crippen LogP contribution in [0.3, 0.4) is 0 Å². The van der Waals surface area contributed by atoms with Crippen LogP contribution in [0.25, 0.3) is 11.1 Å². The minimum Gasteiger partial charge on any atom is -0.481 e. The highest BCUT2D eigenvalue weighted by Crippen LogP contribution is 2.44. The van der Waals surface area contributed by atoms with Crippen molar-refractivity contribution in [3.63, 3.8) is 0 Å². The van der Waals surface area contributed by atoms with Gasteiger partial charge in [0.1, 0.15) is 11.4 Å². The smallest absolute Gasteiger partial charge is 0.307 e. The highest BCUT2D eigenvalue weighted by atomic mass is 32.1. The Hall–Kier alpha value is -2.93. The summed E-state index contributed by atoms with van der Waals surface area (Å²) in [4.78, 5) is 38.6. The third kappa shape index (κ3) is 6.32. The minimum atomic E-state index is -0.967. The zero-order valence-corrected chi connectivity index (χ0v) is 22.1. The zero-order chi connectivity index (χ0) is 26.7. The van der Waals surface area contributed by atoms with Crippen LogP contribution in [-0.2, 0) is 20.8 Å². The van der Waals surface area contributed by atoms with E-state index in [1.807, 2.05) is 44.2 Å². The summed E-state index contributed by atoms with van der Waals surface area (Å²) in [5.41, 5.74) is 1.96. The van der Waals surface area contributed by atoms with Crippen LogP contribution in [-0.4, -0.2) is 33.6 Å². The van der Waals surface area contributed by atoms with Gasteiger partial charge in [-0.05, 0) is 60.4 Å². The first-order valence-corrected chi connectivity index (χ1v) is 13.5. The van der Waals surface area contributed by atoms with Gasteiger partial charge in [-0.15, -0.1) is 0 Å². The number of amides is 1. The SMILES string of the molecule is CC(C)C[C@H](S)C(=O)NC1(C(=O)C2=CC2[C@@H](Cc2ccc(-c3cccc(F)c3)cc2)C(=O)O)CCCC1. The second kappa shape index (κ2) is 11.2. The van der Waals surface area contributed by atoms with Crippen molar-refractivity contribution in [2.45, 2.75) is 63.2 Å². The first-order valence-electron chi connectivity index (χ1n) is 12.9. The molecule has 0 radical (unpaired) electrons. The molecule has 1 unspecified atom stereocenters. The van der Waals surface area contributed by atoms with Crippen LogP contribution >= 0.6 is 12.6 Å². The number of thiol groups is 1. The maximum Gasteiger partial charge on any atom is 0.307 e. The van der Waals surface area contributed by atoms with Crippen LogP contribution in [0, 0.1) is 23.6 Å². The van der Waals surface area contributed by atoms with E-state index in [4.69, 9.17) is 0 Å². The highest BCUT2D eigenvalue weighted by Gasteiger charge is 2.50. The first kappa shape index (κ1) is 27.1. The molecule has 0 saturated heterocycles. The normalized spacial score (nSPS) is 19.7. The highest BCUT2D eigenvalue weighted by molar-refractivity contribution is 7.81. The van der Waals surface area contributed by atoms with Crippen LogP contribution in [0.15, 0.2) is 60.2 Å². The molecule has 4 rings (SSSR count). The average Bonchev–Trinajstić information content (AvgIpc) is 3.50. The molecule has 0 aliphatic heterocycles. The molecule has 1 fully saturated rings. The van der Waals surface area contributed by atoms with Gasteiger partial charge in [-0.2, -0.15) is 12.6 Å². The largest absolute Gasteiger partial charge is 0.481 e. The van der Waals surface area contributed by atoms with E-state index in [0.29, 0.717) is 30.8 Å². The summed E-state index contributed by atoms with van der Waals surface area (Å²) in [6, 6.07) is 13.7. The lowest BCUT2D eigenvalue weighted by Gasteiger charge is -2.30. The number of rotatable bonds is 11. The molecule has 0 heterocycles. The third-order valence-electron chi connectivity index (χ3n) is 7.44. The molecule has 5 nitrogen and oxygen atoms in total. The van der Waals surface area contributed by atoms with E-state index < -0.39 is 28.6 Å². The van der Waals surface area contributed by atoms with Crippen molar-refractivity contribution in [2.75, 3.05) is 0 Å². The topological polar surface area (TPSA) is 83.5 Å². The standard InChI is InChI=1S/C30H34FNO4S/c1-18(2)14-26(37)28(34)32-30(12-3-4-13-30)27(33)24-17-23(24)25(29(35)36)15-19-8-10-20(11-9-19)21-6-5-7-22(31)16-21/h5-11,16-18,23,25-26,37H,3-4,12-15H2,1-2H3,(H,32,34)(H,35,36)/t23?,25-,26+/m1/s1. The number of benzene rings is 2. The molecule has 0 spiro atoms. The number of carboxylic acid groups (broad SMARTS) is 1. The molecule has 2 N–H and O–H groups in total. The molecule has 2 aliphatic carbocycles. The number of Topliss-reactive ketones (excluding diaryl/α,β-unsaturated/α-hetero) is 1. The molecular weight excluding hydrogens is 489 g/mol. The number of allylic oxidation sites excluding steroid dienone is 1. The predicted octanol–water partition coefficient (Wildman–Crippen LogP) is 5.63. The van der Waals surface area contributed by atoms with E-state index in [1.165, 1.54) is 12.1 Å². The number of ketones is 1. The molecule has 0 bridgehead atoms. The summed E-state index contributed by atoms with van der Waals surface area (Å²) in [6.45, 7) is 4.04. The van der Waals surface area contributed by atoms with Crippen molar-refractivity contribution in [1.29, 1.82) is 0 Å². The Morgan fingerprint density at radius 2 is 1.76 bits per heavy atom. The van der Waals surface area contributed by atoms with Crippen molar-refractivity contribution in [3.8, 4) is 11.1 Å². The molecule has 1 saturated carbocycles. The number of hydrogen-bond donors (Lipinski definition) is 3. The average molecular weight is 524 g/mol. The molecule has 37 heavy (non-hydrogen) atoms. The Kier molecular flexibility index (Phi) is 8.22. The van der Waals surface area contributed by atoms with E-state index >= 15 is 0 Å². The summed E-state index contributed by atoms with van der Waals surface area (Å²) in [5, 5.41) is 12.5. The Morgan fingerprint density at radius 3 is 2.35 bits per heavy atom. The number of carbonyl (C=O) groups is 3. The number of nitrogens with one attached hydrogen (secondary N) is 1. The maximum atomic E-state index is 13.6. The molecule has 3 atom stereocenters. The number of hydrogen-bond acceptors (Lipinski definition) is 4. The van der Waals surface area contributed by atoms with Crippen LogP contribution in [0.4, 0.5) is 4.39 Å². The van der Waals surface area contributed by atoms with E-state index in [9.17, 15) is 23.9 Å². The van der Waals surface area contributed by atoms with Gasteiger partial charge in [0, 0.05) is 11.5 Å². The van der Waals surface area contributed by atoms with Gasteiger partial charge in [0.05, 0.1) is 11.2 Å². The Morgan fingerprint density at radius 1 is 1.08 bits per heavy atom. The molecule has 1 amide bonds. The monoisotopic (exact) mass is 523 g/mol. The van der Waals surface area contributed by atoms with E-state index in [-0.39, 0.29) is 23.9 Å². The second-order valence-corrected chi connectivity index (χ2v) is 11.4. The van der Waals surface area contributed by atoms with Gasteiger partial charge in [0.25, 0.3) is 0 Å². The van der Waals surface area contributed by atoms with Gasteiger partial charge in [-0.25, -0.2) is 4.39 Å². The summed E-state index contributed by atoms with van der Waals surface area (Å²) in [7, 11) is 0. The van der Waals surface area contributed by atoms with E-state index in [2.05, 4.69) is 17.9 Å². The van der Waals surface area contributed by atoms with Gasteiger partial charge in [0.15, 0.2) is 5.78 Å². The zero-order valence-electron chi connectivity index (χ0n) is 21.2. The van der Waals surface area contributed by atoms with E-state index in [0.717, 1.165) is 29.5 Å². The van der Waals surface area contributed by atoms with E-state index in [1.54, 1.807) is 12.1 Å². The fraction of sp³-hybridized carbons (Fsp3) is 0.433. The van der Waals surface area contributed by atoms with Crippen molar-refractivity contribution in [1.82, 2.24) is 5.32 Å². The molecule has 2 aromatic rings. The minimum absolute atomic E-state index is 0.152. The fourth-order valence-electron chi connectivity index (χ4n) is 5.36. The van der Waals surface area contributed by atoms with Crippen molar-refractivity contribution >= 4 is 30.3 Å². The van der Waals surface area contributed by atoms with Gasteiger partial charge < -0.3 is 10.4 Å². The van der Waals surface area contributed by atoms with Crippen LogP contribution in [0.5, 0.6) is 0 Å². The summed E-state index contributed by atoms with van der Waals surface area (Å²) in [5.74, 6) is -2.59. The summed E-state index contributed by atoms with van der Waals surface area (Å²) >= 11 is 4.44. The quantitative estimate of drug-likeness (QED) is 0.333. The van der Waals surface area contributed by atoms with Crippen LogP contribution in [0.1, 0.15) is 51.5 Å². The Bertz CT molecular complexity index is 1200. The van der Waals surface area contributed by atoms with Crippen LogP contribution in [0.2, 0.25) is 0 Å². The first-order chi connectivity index (χ1) is 17.6. The fourth-order valence-corrected chi connectivity index (χ4v) is 5.85. The van der Waals surface area contributed by atoms with Gasteiger partial charge >= 0.3 is 5.97 Å². The Balaban J connectivity index is 1.43. The molecule has 2 aliphatic rings. The third-order valence-corrected chi connectivity index (χ3v) is 7.89. The summed E-state index contributed by atoms with van der Waals surface area (Å²) < 4.78 is 13.6. The maximum absolute atomic E-state index is 13.6. The summed E-state index contributed by atoms with van der Waals surface area (Å²) in [6.07, 6.45) is 5.41. The van der Waals surface area contributed by atoms with Crippen LogP contribution < -0.4 is 5.32 Å². The lowest BCUT2D eigenvalue weighted by atomic mass is 9.85. The van der Waals surface area contributed by atoms with Gasteiger partial charge in [0.2, 0.25) is 5.91 Å². The predicted molar refractivity (Wildman–Crippen MR) is 145 cm³/mol. The van der Waals surface area contributed by atoms with Gasteiger partial charge in [-0.3, -0.25) is 14.4 Å². The number of carboxylic acids is 1. The number of carbonyl (C=O) groups excluding carboxylic acids is 2. The molecule has 7 heteroatoms. The lowest BCUT2D eigenvalue weighted by Crippen LogP contribution is -2.54. The second-order valence-electron chi connectivity index (χ2n) is 10.8. The van der Waals surface area contributed by atoms with Crippen molar-refractivity contribution in [2.24, 2.45) is 17.8 Å². The Labute approximate surface area is 223 Å². The molecule has 0 aromatic heterocycles. The molecular formula is C30H34FNO4S. The number of halogens is 1.